The number of carbonyl (C=O) groups excluding carboxylic acids is 2. The maximum Gasteiger partial charge on any atom is 0.326 e. The molecule has 0 aromatic carbocycles. The maximum atomic E-state index is 11.6. The first-order valence-electron chi connectivity index (χ1n) is 5.43. The van der Waals surface area contributed by atoms with Crippen LogP contribution in [0.4, 0.5) is 0 Å². The van der Waals surface area contributed by atoms with Crippen LogP contribution in [-0.2, 0) is 14.4 Å². The number of carboxylic acids is 1. The molecular formula is C10H15N3O4. The van der Waals surface area contributed by atoms with E-state index >= 15 is 0 Å². The van der Waals surface area contributed by atoms with E-state index in [2.05, 4.69) is 15.8 Å². The molecule has 1 aliphatic rings. The highest BCUT2D eigenvalue weighted by Crippen LogP contribution is 2.02. The summed E-state index contributed by atoms with van der Waals surface area (Å²) in [5.41, 5.74) is 2.35. The zero-order valence-corrected chi connectivity index (χ0v) is 9.52. The third kappa shape index (κ3) is 3.86. The monoisotopic (exact) mass is 241 g/mol. The van der Waals surface area contributed by atoms with Gasteiger partial charge < -0.3 is 10.4 Å². The van der Waals surface area contributed by atoms with Gasteiger partial charge in [-0.3, -0.25) is 9.59 Å². The van der Waals surface area contributed by atoms with Gasteiger partial charge in [-0.15, -0.1) is 0 Å². The van der Waals surface area contributed by atoms with E-state index in [4.69, 9.17) is 5.11 Å². The molecule has 1 atom stereocenters. The predicted octanol–water partition coefficient (Wildman–Crippen LogP) is -0.378. The summed E-state index contributed by atoms with van der Waals surface area (Å²) in [5.74, 6) is -1.85. The van der Waals surface area contributed by atoms with Crippen molar-refractivity contribution in [2.24, 2.45) is 5.10 Å². The van der Waals surface area contributed by atoms with Gasteiger partial charge in [-0.25, -0.2) is 10.2 Å². The van der Waals surface area contributed by atoms with Crippen LogP contribution in [0, 0.1) is 0 Å². The molecule has 7 nitrogen and oxygen atoms in total. The maximum absolute atomic E-state index is 11.6. The average molecular weight is 241 g/mol. The van der Waals surface area contributed by atoms with Crippen molar-refractivity contribution >= 4 is 23.5 Å². The van der Waals surface area contributed by atoms with E-state index in [9.17, 15) is 14.4 Å². The van der Waals surface area contributed by atoms with Gasteiger partial charge in [0.05, 0.1) is 0 Å². The zero-order chi connectivity index (χ0) is 12.8. The Balaban J connectivity index is 2.58. The number of nitrogens with one attached hydrogen (secondary N) is 2. The van der Waals surface area contributed by atoms with Crippen LogP contribution in [0.5, 0.6) is 0 Å². The highest BCUT2D eigenvalue weighted by Gasteiger charge is 2.23. The van der Waals surface area contributed by atoms with Gasteiger partial charge in [0.1, 0.15) is 11.8 Å². The summed E-state index contributed by atoms with van der Waals surface area (Å²) < 4.78 is 0. The Morgan fingerprint density at radius 2 is 2.24 bits per heavy atom. The van der Waals surface area contributed by atoms with E-state index in [-0.39, 0.29) is 24.5 Å². The third-order valence-electron chi connectivity index (χ3n) is 2.35. The van der Waals surface area contributed by atoms with Crippen molar-refractivity contribution < 1.29 is 19.5 Å². The van der Waals surface area contributed by atoms with Crippen molar-refractivity contribution in [1.82, 2.24) is 10.7 Å². The molecule has 0 bridgehead atoms. The Bertz CT molecular complexity index is 365. The van der Waals surface area contributed by atoms with Gasteiger partial charge in [0.25, 0.3) is 5.91 Å². The SMILES string of the molecule is CCC[C@H](NC(=O)C1=NNC(=O)CC1)C(=O)O. The van der Waals surface area contributed by atoms with Gasteiger partial charge in [0, 0.05) is 12.8 Å². The first-order chi connectivity index (χ1) is 8.04. The van der Waals surface area contributed by atoms with Crippen LogP contribution in [0.15, 0.2) is 5.10 Å². The number of carboxylic acid groups (broad SMARTS) is 1. The van der Waals surface area contributed by atoms with E-state index in [1.54, 1.807) is 0 Å². The Morgan fingerprint density at radius 1 is 1.53 bits per heavy atom. The first-order valence-corrected chi connectivity index (χ1v) is 5.43. The van der Waals surface area contributed by atoms with Crippen LogP contribution in [-0.4, -0.2) is 34.6 Å². The quantitative estimate of drug-likeness (QED) is 0.609. The summed E-state index contributed by atoms with van der Waals surface area (Å²) in [6.07, 6.45) is 1.44. The number of hydrogen-bond donors (Lipinski definition) is 3. The number of aliphatic carboxylic acids is 1. The number of rotatable bonds is 5. The Morgan fingerprint density at radius 3 is 2.71 bits per heavy atom. The van der Waals surface area contributed by atoms with Crippen LogP contribution >= 0.6 is 0 Å². The smallest absolute Gasteiger partial charge is 0.326 e. The van der Waals surface area contributed by atoms with Crippen LogP contribution in [0.3, 0.4) is 0 Å². The minimum Gasteiger partial charge on any atom is -0.480 e. The molecule has 1 aliphatic heterocycles. The second kappa shape index (κ2) is 5.97. The van der Waals surface area contributed by atoms with E-state index in [0.29, 0.717) is 12.8 Å². The van der Waals surface area contributed by atoms with E-state index in [0.717, 1.165) is 0 Å². The lowest BCUT2D eigenvalue weighted by atomic mass is 10.1. The predicted molar refractivity (Wildman–Crippen MR) is 59.3 cm³/mol. The molecule has 0 unspecified atom stereocenters. The van der Waals surface area contributed by atoms with Crippen LogP contribution in [0.1, 0.15) is 32.6 Å². The molecule has 94 valence electrons. The van der Waals surface area contributed by atoms with E-state index in [1.807, 2.05) is 6.92 Å². The Labute approximate surface area is 98.3 Å². The first kappa shape index (κ1) is 13.1. The largest absolute Gasteiger partial charge is 0.480 e. The van der Waals surface area contributed by atoms with Gasteiger partial charge in [-0.05, 0) is 6.42 Å². The number of carbonyl (C=O) groups is 3. The van der Waals surface area contributed by atoms with E-state index in [1.165, 1.54) is 0 Å². The Hall–Kier alpha value is -1.92. The van der Waals surface area contributed by atoms with Crippen molar-refractivity contribution in [3.05, 3.63) is 0 Å². The highest BCUT2D eigenvalue weighted by atomic mass is 16.4. The van der Waals surface area contributed by atoms with Crippen molar-refractivity contribution in [3.63, 3.8) is 0 Å². The molecule has 17 heavy (non-hydrogen) atoms. The average Bonchev–Trinajstić information content (AvgIpc) is 2.29. The number of hydrogen-bond acceptors (Lipinski definition) is 4. The molecule has 7 heteroatoms. The fourth-order valence-corrected chi connectivity index (χ4v) is 1.43. The normalized spacial score (nSPS) is 16.8. The lowest BCUT2D eigenvalue weighted by Gasteiger charge is -2.16. The summed E-state index contributed by atoms with van der Waals surface area (Å²) in [6.45, 7) is 1.83. The van der Waals surface area contributed by atoms with Gasteiger partial charge in [0.2, 0.25) is 5.91 Å². The summed E-state index contributed by atoms with van der Waals surface area (Å²) >= 11 is 0. The standard InChI is InChI=1S/C10H15N3O4/c1-2-3-7(10(16)17)11-9(15)6-4-5-8(14)13-12-6/h7H,2-5H2,1H3,(H,11,15)(H,13,14)(H,16,17)/t7-/m0/s1. The van der Waals surface area contributed by atoms with Gasteiger partial charge in [-0.2, -0.15) is 5.10 Å². The molecular weight excluding hydrogens is 226 g/mol. The number of nitrogens with zero attached hydrogens (tertiary/aromatic N) is 1. The van der Waals surface area contributed by atoms with E-state index < -0.39 is 17.9 Å². The molecule has 0 fully saturated rings. The van der Waals surface area contributed by atoms with Gasteiger partial charge in [0.15, 0.2) is 0 Å². The molecule has 1 rings (SSSR count). The molecule has 2 amide bonds. The fraction of sp³-hybridized carbons (Fsp3) is 0.600. The third-order valence-corrected chi connectivity index (χ3v) is 2.35. The lowest BCUT2D eigenvalue weighted by molar-refractivity contribution is -0.141. The topological polar surface area (TPSA) is 108 Å². The molecule has 1 heterocycles. The molecule has 0 aromatic heterocycles. The molecule has 3 N–H and O–H groups in total. The van der Waals surface area contributed by atoms with Crippen molar-refractivity contribution in [2.75, 3.05) is 0 Å². The summed E-state index contributed by atoms with van der Waals surface area (Å²) in [7, 11) is 0. The molecule has 0 aliphatic carbocycles. The van der Waals surface area contributed by atoms with Gasteiger partial charge in [-0.1, -0.05) is 13.3 Å². The highest BCUT2D eigenvalue weighted by molar-refractivity contribution is 6.39. The van der Waals surface area contributed by atoms with Gasteiger partial charge >= 0.3 is 5.97 Å². The minimum absolute atomic E-state index is 0.159. The zero-order valence-electron chi connectivity index (χ0n) is 9.52. The lowest BCUT2D eigenvalue weighted by Crippen LogP contribution is -2.45. The molecule has 0 aromatic rings. The van der Waals surface area contributed by atoms with Crippen molar-refractivity contribution in [3.8, 4) is 0 Å². The summed E-state index contributed by atoms with van der Waals surface area (Å²) in [5, 5.41) is 14.8. The van der Waals surface area contributed by atoms with Crippen LogP contribution in [0.25, 0.3) is 0 Å². The fourth-order valence-electron chi connectivity index (χ4n) is 1.43. The number of hydrazone groups is 1. The molecule has 0 spiro atoms. The molecule has 0 saturated heterocycles. The molecule has 0 saturated carbocycles. The second-order valence-corrected chi connectivity index (χ2v) is 3.75. The van der Waals surface area contributed by atoms with Crippen LogP contribution < -0.4 is 10.7 Å². The number of amides is 2. The van der Waals surface area contributed by atoms with Crippen molar-refractivity contribution in [2.45, 2.75) is 38.6 Å². The van der Waals surface area contributed by atoms with Crippen LogP contribution in [0.2, 0.25) is 0 Å². The summed E-state index contributed by atoms with van der Waals surface area (Å²) in [4.78, 5) is 33.3. The second-order valence-electron chi connectivity index (χ2n) is 3.75. The summed E-state index contributed by atoms with van der Waals surface area (Å²) in [6, 6.07) is -0.909. The molecule has 0 radical (unpaired) electrons. The minimum atomic E-state index is -1.07. The van der Waals surface area contributed by atoms with Crippen molar-refractivity contribution in [1.29, 1.82) is 0 Å². The Kier molecular flexibility index (Phi) is 4.62.